The molecule has 0 saturated heterocycles. The highest BCUT2D eigenvalue weighted by Gasteiger charge is 2.65. The number of nitrogens with one attached hydrogen (secondary N) is 1. The van der Waals surface area contributed by atoms with E-state index in [-0.39, 0.29) is 34.2 Å². The van der Waals surface area contributed by atoms with E-state index in [1.807, 2.05) is 0 Å². The van der Waals surface area contributed by atoms with Crippen LogP contribution in [0.15, 0.2) is 36.7 Å². The lowest BCUT2D eigenvalue weighted by molar-refractivity contribution is 0.0889. The molecule has 11 heteroatoms. The minimum atomic E-state index is -1.18. The van der Waals surface area contributed by atoms with E-state index in [9.17, 15) is 19.0 Å². The van der Waals surface area contributed by atoms with Gasteiger partial charge in [-0.2, -0.15) is 10.2 Å². The van der Waals surface area contributed by atoms with Crippen LogP contribution in [0.1, 0.15) is 61.5 Å². The van der Waals surface area contributed by atoms with Gasteiger partial charge in [-0.15, -0.1) is 5.10 Å². The SMILES string of the molecule is CC1(C)[C@H]2CC[C@]1(c1cncc(-c3n[nH]c(C(O)CO)n3)n1)c1nnc(-c3c(F)cccc3F)cc12. The number of benzene rings is 1. The van der Waals surface area contributed by atoms with Crippen LogP contribution in [0.4, 0.5) is 8.78 Å². The number of aromatic amines is 1. The third-order valence-corrected chi connectivity index (χ3v) is 7.89. The fraction of sp³-hybridized carbons (Fsp3) is 0.360. The molecule has 2 aliphatic carbocycles. The van der Waals surface area contributed by atoms with Gasteiger partial charge in [-0.3, -0.25) is 10.1 Å². The Balaban J connectivity index is 1.47. The van der Waals surface area contributed by atoms with E-state index < -0.39 is 29.8 Å². The monoisotopic (exact) mass is 491 g/mol. The predicted molar refractivity (Wildman–Crippen MR) is 123 cm³/mol. The second kappa shape index (κ2) is 7.90. The first-order valence-corrected chi connectivity index (χ1v) is 11.6. The summed E-state index contributed by atoms with van der Waals surface area (Å²) in [6.45, 7) is 3.80. The van der Waals surface area contributed by atoms with Gasteiger partial charge in [-0.1, -0.05) is 19.9 Å². The van der Waals surface area contributed by atoms with Crippen LogP contribution >= 0.6 is 0 Å². The lowest BCUT2D eigenvalue weighted by atomic mass is 9.66. The molecule has 1 unspecified atom stereocenters. The average molecular weight is 492 g/mol. The van der Waals surface area contributed by atoms with Gasteiger partial charge < -0.3 is 10.2 Å². The molecule has 6 rings (SSSR count). The largest absolute Gasteiger partial charge is 0.393 e. The molecule has 0 aliphatic heterocycles. The van der Waals surface area contributed by atoms with Crippen molar-refractivity contribution in [2.24, 2.45) is 5.41 Å². The zero-order chi connectivity index (χ0) is 25.2. The fourth-order valence-corrected chi connectivity index (χ4v) is 6.06. The van der Waals surface area contributed by atoms with E-state index in [2.05, 4.69) is 44.2 Å². The van der Waals surface area contributed by atoms with E-state index >= 15 is 0 Å². The van der Waals surface area contributed by atoms with Crippen molar-refractivity contribution in [1.82, 2.24) is 35.3 Å². The van der Waals surface area contributed by atoms with Crippen molar-refractivity contribution in [2.45, 2.75) is 44.1 Å². The molecule has 3 atom stereocenters. The molecule has 0 spiro atoms. The molecule has 1 saturated carbocycles. The van der Waals surface area contributed by atoms with Gasteiger partial charge in [0.15, 0.2) is 5.82 Å². The Morgan fingerprint density at radius 1 is 1.11 bits per heavy atom. The molecule has 4 aromatic rings. The number of nitrogens with zero attached hydrogens (tertiary/aromatic N) is 6. The van der Waals surface area contributed by atoms with Crippen molar-refractivity contribution < 1.29 is 19.0 Å². The van der Waals surface area contributed by atoms with Crippen LogP contribution in [0.2, 0.25) is 0 Å². The molecule has 0 radical (unpaired) electrons. The van der Waals surface area contributed by atoms with Crippen LogP contribution in [0.5, 0.6) is 0 Å². The Hall–Kier alpha value is -3.70. The van der Waals surface area contributed by atoms with Crippen molar-refractivity contribution >= 4 is 0 Å². The summed E-state index contributed by atoms with van der Waals surface area (Å²) in [4.78, 5) is 13.5. The highest BCUT2D eigenvalue weighted by molar-refractivity contribution is 5.64. The summed E-state index contributed by atoms with van der Waals surface area (Å²) in [5, 5.41) is 34.5. The Bertz CT molecular complexity index is 1470. The zero-order valence-corrected chi connectivity index (χ0v) is 19.6. The van der Waals surface area contributed by atoms with Gasteiger partial charge in [0.25, 0.3) is 0 Å². The second-order valence-electron chi connectivity index (χ2n) is 9.88. The van der Waals surface area contributed by atoms with Crippen LogP contribution in [-0.4, -0.2) is 52.2 Å². The second-order valence-corrected chi connectivity index (χ2v) is 9.88. The summed E-state index contributed by atoms with van der Waals surface area (Å²) < 4.78 is 29.0. The number of aliphatic hydroxyl groups is 2. The van der Waals surface area contributed by atoms with Gasteiger partial charge in [0.1, 0.15) is 23.4 Å². The Morgan fingerprint density at radius 2 is 1.89 bits per heavy atom. The lowest BCUT2D eigenvalue weighted by Gasteiger charge is -2.37. The van der Waals surface area contributed by atoms with E-state index in [0.29, 0.717) is 11.4 Å². The number of aliphatic hydroxyl groups excluding tert-OH is 2. The Labute approximate surface area is 204 Å². The molecule has 3 N–H and O–H groups in total. The summed E-state index contributed by atoms with van der Waals surface area (Å²) in [6.07, 6.45) is 3.67. The molecule has 9 nitrogen and oxygen atoms in total. The molecule has 0 amide bonds. The van der Waals surface area contributed by atoms with Gasteiger partial charge >= 0.3 is 0 Å². The van der Waals surface area contributed by atoms with E-state index in [1.165, 1.54) is 24.4 Å². The first kappa shape index (κ1) is 22.7. The number of hydrogen-bond donors (Lipinski definition) is 3. The van der Waals surface area contributed by atoms with Gasteiger partial charge in [-0.25, -0.2) is 18.7 Å². The highest BCUT2D eigenvalue weighted by atomic mass is 19.1. The number of aromatic nitrogens is 7. The van der Waals surface area contributed by atoms with E-state index in [1.54, 1.807) is 12.3 Å². The number of rotatable bonds is 5. The predicted octanol–water partition coefficient (Wildman–Crippen LogP) is 3.23. The number of H-pyrrole nitrogens is 1. The van der Waals surface area contributed by atoms with Crippen LogP contribution in [0.25, 0.3) is 22.8 Å². The summed E-state index contributed by atoms with van der Waals surface area (Å²) in [6, 6.07) is 5.49. The average Bonchev–Trinajstić information content (AvgIpc) is 3.52. The number of fused-ring (bicyclic) bond motifs is 5. The summed E-state index contributed by atoms with van der Waals surface area (Å²) in [7, 11) is 0. The Morgan fingerprint density at radius 3 is 2.64 bits per heavy atom. The maximum Gasteiger partial charge on any atom is 0.201 e. The molecule has 2 bridgehead atoms. The van der Waals surface area contributed by atoms with Gasteiger partial charge in [0, 0.05) is 6.20 Å². The number of halogens is 2. The molecule has 36 heavy (non-hydrogen) atoms. The maximum absolute atomic E-state index is 14.5. The third-order valence-electron chi connectivity index (χ3n) is 7.89. The lowest BCUT2D eigenvalue weighted by Crippen LogP contribution is -2.38. The summed E-state index contributed by atoms with van der Waals surface area (Å²) >= 11 is 0. The quantitative estimate of drug-likeness (QED) is 0.388. The first-order valence-electron chi connectivity index (χ1n) is 11.6. The molecular formula is C25H23F2N7O2. The minimum absolute atomic E-state index is 0.0943. The van der Waals surface area contributed by atoms with Gasteiger partial charge in [0.05, 0.1) is 40.9 Å². The summed E-state index contributed by atoms with van der Waals surface area (Å²) in [5.41, 5.74) is 1.78. The molecule has 2 aliphatic rings. The molecule has 184 valence electrons. The molecule has 1 aromatic carbocycles. The molecular weight excluding hydrogens is 468 g/mol. The van der Waals surface area contributed by atoms with Crippen molar-refractivity contribution in [3.05, 3.63) is 71.1 Å². The van der Waals surface area contributed by atoms with Gasteiger partial charge in [0.2, 0.25) is 5.82 Å². The van der Waals surface area contributed by atoms with Crippen LogP contribution in [0, 0.1) is 17.0 Å². The topological polar surface area (TPSA) is 134 Å². The van der Waals surface area contributed by atoms with Gasteiger partial charge in [-0.05, 0) is 47.9 Å². The number of hydrogen-bond acceptors (Lipinski definition) is 8. The minimum Gasteiger partial charge on any atom is -0.393 e. The Kier molecular flexibility index (Phi) is 4.99. The standard InChI is InChI=1S/C25H23F2N7O2/c1-24(2)13-6-7-25(24,19-10-28-9-17(29-19)22-30-23(34-33-22)18(36)11-35)21-12(13)8-16(31-32-21)20-14(26)4-3-5-15(20)27/h3-5,8-10,13,18,35-36H,6-7,11H2,1-2H3,(H,30,33,34)/t13-,18?,25-/m0/s1. The van der Waals surface area contributed by atoms with Crippen LogP contribution < -0.4 is 0 Å². The van der Waals surface area contributed by atoms with Crippen molar-refractivity contribution in [1.29, 1.82) is 0 Å². The van der Waals surface area contributed by atoms with Crippen molar-refractivity contribution in [2.75, 3.05) is 6.61 Å². The normalized spacial score (nSPS) is 22.6. The first-order chi connectivity index (χ1) is 17.3. The van der Waals surface area contributed by atoms with E-state index in [0.717, 1.165) is 24.1 Å². The third kappa shape index (κ3) is 2.99. The zero-order valence-electron chi connectivity index (χ0n) is 19.6. The molecule has 3 aromatic heterocycles. The molecule has 1 fully saturated rings. The fourth-order valence-electron chi connectivity index (χ4n) is 6.06. The van der Waals surface area contributed by atoms with Crippen LogP contribution in [-0.2, 0) is 5.41 Å². The van der Waals surface area contributed by atoms with Crippen LogP contribution in [0.3, 0.4) is 0 Å². The highest BCUT2D eigenvalue weighted by Crippen LogP contribution is 2.69. The smallest absolute Gasteiger partial charge is 0.201 e. The van der Waals surface area contributed by atoms with Crippen molar-refractivity contribution in [3.63, 3.8) is 0 Å². The van der Waals surface area contributed by atoms with Crippen molar-refractivity contribution in [3.8, 4) is 22.8 Å². The summed E-state index contributed by atoms with van der Waals surface area (Å²) in [5.74, 6) is -0.902. The maximum atomic E-state index is 14.5. The van der Waals surface area contributed by atoms with E-state index in [4.69, 9.17) is 4.98 Å². The molecule has 3 heterocycles.